The first-order valence-electron chi connectivity index (χ1n) is 7.54. The third-order valence-corrected chi connectivity index (χ3v) is 7.17. The topological polar surface area (TPSA) is 121 Å². The number of aliphatic carboxylic acids is 1. The molecule has 0 spiro atoms. The molecular weight excluding hydrogens is 356 g/mol. The standard InChI is InChI=1S/C14H20N2O6S2/c1-2-9-15-23(19,20)11-5-7-12(8-6-11)24(21,22)16-10-3-4-13(16)14(17)18/h5-8,13,15H,2-4,9-10H2,1H3,(H,17,18)/t13-/m1/s1. The summed E-state index contributed by atoms with van der Waals surface area (Å²) in [5, 5.41) is 9.13. The molecule has 24 heavy (non-hydrogen) atoms. The van der Waals surface area contributed by atoms with Gasteiger partial charge in [0.05, 0.1) is 9.79 Å². The Kier molecular flexibility index (Phi) is 5.63. The number of hydrogen-bond donors (Lipinski definition) is 2. The Hall–Kier alpha value is -1.49. The van der Waals surface area contributed by atoms with Crippen LogP contribution in [0.15, 0.2) is 34.1 Å². The highest BCUT2D eigenvalue weighted by molar-refractivity contribution is 7.89. The average molecular weight is 376 g/mol. The molecule has 1 aromatic carbocycles. The number of sulfonamides is 2. The number of hydrogen-bond acceptors (Lipinski definition) is 5. The zero-order valence-corrected chi connectivity index (χ0v) is 14.8. The Morgan fingerprint density at radius 2 is 1.79 bits per heavy atom. The summed E-state index contributed by atoms with van der Waals surface area (Å²) in [6.07, 6.45) is 1.38. The van der Waals surface area contributed by atoms with E-state index in [0.717, 1.165) is 4.31 Å². The molecule has 0 unspecified atom stereocenters. The van der Waals surface area contributed by atoms with Crippen LogP contribution in [0.3, 0.4) is 0 Å². The van der Waals surface area contributed by atoms with Gasteiger partial charge in [-0.1, -0.05) is 6.92 Å². The molecule has 134 valence electrons. The predicted molar refractivity (Wildman–Crippen MR) is 86.5 cm³/mol. The summed E-state index contributed by atoms with van der Waals surface area (Å²) in [5.41, 5.74) is 0. The summed E-state index contributed by atoms with van der Waals surface area (Å²) >= 11 is 0. The Labute approximate surface area is 141 Å². The largest absolute Gasteiger partial charge is 0.480 e. The fraction of sp³-hybridized carbons (Fsp3) is 0.500. The van der Waals surface area contributed by atoms with Crippen molar-refractivity contribution >= 4 is 26.0 Å². The maximum Gasteiger partial charge on any atom is 0.322 e. The van der Waals surface area contributed by atoms with E-state index in [-0.39, 0.29) is 29.3 Å². The molecule has 1 fully saturated rings. The molecule has 0 radical (unpaired) electrons. The van der Waals surface area contributed by atoms with Gasteiger partial charge in [0.1, 0.15) is 6.04 Å². The van der Waals surface area contributed by atoms with Crippen LogP contribution >= 0.6 is 0 Å². The first-order chi connectivity index (χ1) is 11.2. The molecule has 1 aromatic rings. The van der Waals surface area contributed by atoms with E-state index in [1.54, 1.807) is 0 Å². The number of carbonyl (C=O) groups is 1. The molecule has 8 nitrogen and oxygen atoms in total. The van der Waals surface area contributed by atoms with Crippen molar-refractivity contribution in [2.24, 2.45) is 0 Å². The van der Waals surface area contributed by atoms with E-state index in [4.69, 9.17) is 5.11 Å². The number of benzene rings is 1. The van der Waals surface area contributed by atoms with Crippen molar-refractivity contribution in [2.75, 3.05) is 13.1 Å². The molecule has 1 aliphatic heterocycles. The maximum atomic E-state index is 12.6. The van der Waals surface area contributed by atoms with Gasteiger partial charge in [-0.3, -0.25) is 4.79 Å². The molecule has 0 saturated carbocycles. The molecule has 0 amide bonds. The second-order valence-electron chi connectivity index (χ2n) is 5.48. The van der Waals surface area contributed by atoms with Crippen molar-refractivity contribution in [3.63, 3.8) is 0 Å². The minimum Gasteiger partial charge on any atom is -0.480 e. The van der Waals surface area contributed by atoms with E-state index < -0.39 is 32.1 Å². The lowest BCUT2D eigenvalue weighted by Crippen LogP contribution is -2.40. The summed E-state index contributed by atoms with van der Waals surface area (Å²) in [7, 11) is -7.66. The highest BCUT2D eigenvalue weighted by atomic mass is 32.2. The van der Waals surface area contributed by atoms with Crippen LogP contribution in [0, 0.1) is 0 Å². The van der Waals surface area contributed by atoms with Gasteiger partial charge in [0.15, 0.2) is 0 Å². The van der Waals surface area contributed by atoms with E-state index in [2.05, 4.69) is 4.72 Å². The quantitative estimate of drug-likeness (QED) is 0.719. The molecule has 2 rings (SSSR count). The van der Waals surface area contributed by atoms with Crippen molar-refractivity contribution in [1.82, 2.24) is 9.03 Å². The monoisotopic (exact) mass is 376 g/mol. The van der Waals surface area contributed by atoms with E-state index in [1.807, 2.05) is 6.92 Å². The van der Waals surface area contributed by atoms with Crippen molar-refractivity contribution in [3.05, 3.63) is 24.3 Å². The smallest absolute Gasteiger partial charge is 0.322 e. The number of nitrogens with zero attached hydrogens (tertiary/aromatic N) is 1. The lowest BCUT2D eigenvalue weighted by molar-refractivity contribution is -0.140. The SMILES string of the molecule is CCCNS(=O)(=O)c1ccc(S(=O)(=O)N2CCC[C@@H]2C(=O)O)cc1. The summed E-state index contributed by atoms with van der Waals surface area (Å²) < 4.78 is 52.5. The minimum absolute atomic E-state index is 0.0360. The fourth-order valence-electron chi connectivity index (χ4n) is 2.52. The fourth-order valence-corrected chi connectivity index (χ4v) is 5.31. The zero-order chi connectivity index (χ0) is 18.0. The first-order valence-corrected chi connectivity index (χ1v) is 10.5. The van der Waals surface area contributed by atoms with Crippen LogP contribution in [0.25, 0.3) is 0 Å². The van der Waals surface area contributed by atoms with Gasteiger partial charge in [0.25, 0.3) is 0 Å². The van der Waals surface area contributed by atoms with Gasteiger partial charge in [-0.25, -0.2) is 21.6 Å². The molecular formula is C14H20N2O6S2. The van der Waals surface area contributed by atoms with Crippen LogP contribution in [-0.4, -0.2) is 51.3 Å². The van der Waals surface area contributed by atoms with Crippen molar-refractivity contribution in [1.29, 1.82) is 0 Å². The van der Waals surface area contributed by atoms with E-state index in [1.165, 1.54) is 24.3 Å². The van der Waals surface area contributed by atoms with Gasteiger partial charge in [-0.15, -0.1) is 0 Å². The molecule has 2 N–H and O–H groups in total. The highest BCUT2D eigenvalue weighted by Crippen LogP contribution is 2.26. The Morgan fingerprint density at radius 1 is 1.21 bits per heavy atom. The second kappa shape index (κ2) is 7.18. The molecule has 1 aliphatic rings. The van der Waals surface area contributed by atoms with E-state index >= 15 is 0 Å². The summed E-state index contributed by atoms with van der Waals surface area (Å²) in [6, 6.07) is 3.71. The number of carboxylic acids is 1. The van der Waals surface area contributed by atoms with Gasteiger partial charge >= 0.3 is 5.97 Å². The summed E-state index contributed by atoms with van der Waals surface area (Å²) in [4.78, 5) is 11.0. The molecule has 0 aromatic heterocycles. The Bertz CT molecular complexity index is 802. The maximum absolute atomic E-state index is 12.6. The average Bonchev–Trinajstić information content (AvgIpc) is 3.04. The van der Waals surface area contributed by atoms with Crippen LogP contribution in [-0.2, 0) is 24.8 Å². The van der Waals surface area contributed by atoms with Gasteiger partial charge in [-0.2, -0.15) is 4.31 Å². The first kappa shape index (κ1) is 18.8. The van der Waals surface area contributed by atoms with Gasteiger partial charge < -0.3 is 5.11 Å². The van der Waals surface area contributed by atoms with Crippen molar-refractivity contribution < 1.29 is 26.7 Å². The van der Waals surface area contributed by atoms with Crippen molar-refractivity contribution in [3.8, 4) is 0 Å². The third kappa shape index (κ3) is 3.77. The Balaban J connectivity index is 2.28. The van der Waals surface area contributed by atoms with Crippen LogP contribution in [0.4, 0.5) is 0 Å². The van der Waals surface area contributed by atoms with Gasteiger partial charge in [-0.05, 0) is 43.5 Å². The van der Waals surface area contributed by atoms with Crippen LogP contribution in [0.5, 0.6) is 0 Å². The number of carboxylic acid groups (broad SMARTS) is 1. The molecule has 0 aliphatic carbocycles. The van der Waals surface area contributed by atoms with E-state index in [9.17, 15) is 21.6 Å². The molecule has 0 bridgehead atoms. The predicted octanol–water partition coefficient (Wildman–Crippen LogP) is 0.613. The molecule has 1 heterocycles. The van der Waals surface area contributed by atoms with Gasteiger partial charge in [0, 0.05) is 13.1 Å². The van der Waals surface area contributed by atoms with E-state index in [0.29, 0.717) is 12.8 Å². The minimum atomic E-state index is -3.97. The summed E-state index contributed by atoms with van der Waals surface area (Å²) in [5.74, 6) is -1.18. The molecule has 10 heteroatoms. The third-order valence-electron chi connectivity index (χ3n) is 3.77. The second-order valence-corrected chi connectivity index (χ2v) is 9.14. The number of rotatable bonds is 7. The molecule has 1 saturated heterocycles. The number of nitrogens with one attached hydrogen (secondary N) is 1. The highest BCUT2D eigenvalue weighted by Gasteiger charge is 2.39. The lowest BCUT2D eigenvalue weighted by atomic mass is 10.2. The Morgan fingerprint density at radius 3 is 2.33 bits per heavy atom. The van der Waals surface area contributed by atoms with Crippen LogP contribution in [0.2, 0.25) is 0 Å². The molecule has 1 atom stereocenters. The lowest BCUT2D eigenvalue weighted by Gasteiger charge is -2.21. The zero-order valence-electron chi connectivity index (χ0n) is 13.2. The van der Waals surface area contributed by atoms with Gasteiger partial charge in [0.2, 0.25) is 20.0 Å². The summed E-state index contributed by atoms with van der Waals surface area (Å²) in [6.45, 7) is 2.25. The van der Waals surface area contributed by atoms with Crippen molar-refractivity contribution in [2.45, 2.75) is 42.0 Å². The normalized spacial score (nSPS) is 19.5. The van der Waals surface area contributed by atoms with Crippen LogP contribution in [0.1, 0.15) is 26.2 Å². The van der Waals surface area contributed by atoms with Crippen LogP contribution < -0.4 is 4.72 Å².